The van der Waals surface area contributed by atoms with Gasteiger partial charge in [0.1, 0.15) is 11.9 Å². The molecule has 8 aromatic rings. The van der Waals surface area contributed by atoms with Crippen LogP contribution >= 0.6 is 0 Å². The van der Waals surface area contributed by atoms with Crippen molar-refractivity contribution in [1.82, 2.24) is 29.7 Å². The van der Waals surface area contributed by atoms with Gasteiger partial charge in [0.15, 0.2) is 11.3 Å². The second-order valence-electron chi connectivity index (χ2n) is 9.02. The third-order valence-corrected chi connectivity index (χ3v) is 6.51. The summed E-state index contributed by atoms with van der Waals surface area (Å²) in [4.78, 5) is 13.1. The summed E-state index contributed by atoms with van der Waals surface area (Å²) >= 11 is 0. The summed E-state index contributed by atoms with van der Waals surface area (Å²) in [5, 5.41) is 9.22. The average molecular weight is 727 g/mol. The predicted octanol–water partition coefficient (Wildman–Crippen LogP) is 7.26. The molecule has 0 aliphatic rings. The number of nitrogens with zero attached hydrogens (tertiary/aromatic N) is 6. The largest absolute Gasteiger partial charge is 0.500 e. The molecule has 7 nitrogen and oxygen atoms in total. The number of rotatable bonds is 3. The Morgan fingerprint density at radius 3 is 2.43 bits per heavy atom. The minimum atomic E-state index is -0.394. The zero-order chi connectivity index (χ0) is 27.6. The van der Waals surface area contributed by atoms with E-state index in [1.165, 1.54) is 12.4 Å². The Morgan fingerprint density at radius 2 is 1.62 bits per heavy atom. The first kappa shape index (κ1) is 27.1. The van der Waals surface area contributed by atoms with Crippen LogP contribution in [-0.2, 0) is 20.1 Å². The Hall–Kier alpha value is -5.11. The van der Waals surface area contributed by atoms with Gasteiger partial charge in [0, 0.05) is 43.2 Å². The van der Waals surface area contributed by atoms with Crippen LogP contribution in [0.25, 0.3) is 61.6 Å². The first-order valence-corrected chi connectivity index (χ1v) is 12.8. The number of furan rings is 1. The summed E-state index contributed by atoms with van der Waals surface area (Å²) in [6.07, 6.45) is 3.13. The number of halogens is 1. The molecule has 0 saturated carbocycles. The third-order valence-electron chi connectivity index (χ3n) is 6.51. The zero-order valence-corrected chi connectivity index (χ0v) is 24.2. The zero-order valence-electron chi connectivity index (χ0n) is 21.8. The summed E-state index contributed by atoms with van der Waals surface area (Å²) in [7, 11) is 0. The van der Waals surface area contributed by atoms with Gasteiger partial charge in [0.2, 0.25) is 0 Å². The molecular weight excluding hydrogens is 708 g/mol. The van der Waals surface area contributed by atoms with E-state index in [0.29, 0.717) is 44.6 Å². The maximum Gasteiger partial charge on any atom is 0.197 e. The fraction of sp³-hybridized carbons (Fsp3) is 0. The van der Waals surface area contributed by atoms with Crippen LogP contribution in [0.4, 0.5) is 4.39 Å². The molecule has 0 amide bonds. The molecular formula is C33H19FIrN6O-2. The van der Waals surface area contributed by atoms with Crippen molar-refractivity contribution < 1.29 is 28.9 Å². The maximum absolute atomic E-state index is 14.7. The molecule has 0 bridgehead atoms. The number of pyridine rings is 1. The maximum atomic E-state index is 14.7. The van der Waals surface area contributed by atoms with Gasteiger partial charge in [-0.05, 0) is 35.3 Å². The molecule has 0 saturated heterocycles. The minimum absolute atomic E-state index is 0. The van der Waals surface area contributed by atoms with Crippen LogP contribution in [0.2, 0.25) is 0 Å². The Balaban J connectivity index is 0.000000205. The normalized spacial score (nSPS) is 10.8. The predicted molar refractivity (Wildman–Crippen MR) is 154 cm³/mol. The van der Waals surface area contributed by atoms with E-state index in [2.05, 4.69) is 37.3 Å². The molecule has 9 heteroatoms. The molecule has 42 heavy (non-hydrogen) atoms. The van der Waals surface area contributed by atoms with Gasteiger partial charge >= 0.3 is 0 Å². The van der Waals surface area contributed by atoms with Crippen molar-refractivity contribution in [3.8, 4) is 28.3 Å². The summed E-state index contributed by atoms with van der Waals surface area (Å²) in [5.74, 6) is 0.109. The van der Waals surface area contributed by atoms with Crippen molar-refractivity contribution in [3.05, 3.63) is 134 Å². The SMILES string of the molecule is Fc1c[c-]c(-c2nc3ncnnc3n2-c2ccccc2)c2oc3ccccc3c12.[Ir].[c-]1ccccc1-c1ccccn1. The van der Waals surface area contributed by atoms with Gasteiger partial charge in [0.05, 0.1) is 11.4 Å². The van der Waals surface area contributed by atoms with Gasteiger partial charge in [-0.2, -0.15) is 0 Å². The summed E-state index contributed by atoms with van der Waals surface area (Å²) in [5.41, 5.74) is 5.28. The van der Waals surface area contributed by atoms with Crippen molar-refractivity contribution in [2.45, 2.75) is 0 Å². The van der Waals surface area contributed by atoms with Crippen molar-refractivity contribution in [2.24, 2.45) is 0 Å². The minimum Gasteiger partial charge on any atom is -0.500 e. The molecule has 8 rings (SSSR count). The number of fused-ring (bicyclic) bond motifs is 4. The van der Waals surface area contributed by atoms with E-state index < -0.39 is 5.82 Å². The van der Waals surface area contributed by atoms with Gasteiger partial charge in [-0.3, -0.25) is 9.37 Å². The van der Waals surface area contributed by atoms with Gasteiger partial charge in [-0.25, -0.2) is 4.98 Å². The van der Waals surface area contributed by atoms with Gasteiger partial charge in [-0.1, -0.05) is 54.1 Å². The first-order chi connectivity index (χ1) is 20.3. The molecule has 205 valence electrons. The Bertz CT molecular complexity index is 2080. The Morgan fingerprint density at radius 1 is 0.810 bits per heavy atom. The molecule has 0 aliphatic carbocycles. The molecule has 0 atom stereocenters. The molecule has 4 aromatic heterocycles. The third kappa shape index (κ3) is 4.96. The van der Waals surface area contributed by atoms with Crippen molar-refractivity contribution in [2.75, 3.05) is 0 Å². The smallest absolute Gasteiger partial charge is 0.197 e. The van der Waals surface area contributed by atoms with E-state index in [4.69, 9.17) is 4.42 Å². The number of hydrogen-bond acceptors (Lipinski definition) is 6. The topological polar surface area (TPSA) is 82.5 Å². The second-order valence-corrected chi connectivity index (χ2v) is 9.02. The molecule has 1 radical (unpaired) electrons. The number of imidazole rings is 1. The number of hydrogen-bond donors (Lipinski definition) is 0. The summed E-state index contributed by atoms with van der Waals surface area (Å²) < 4.78 is 22.6. The molecule has 0 N–H and O–H groups in total. The summed E-state index contributed by atoms with van der Waals surface area (Å²) in [6, 6.07) is 38.1. The van der Waals surface area contributed by atoms with E-state index >= 15 is 0 Å². The Labute approximate surface area is 253 Å². The van der Waals surface area contributed by atoms with E-state index in [9.17, 15) is 4.39 Å². The number of aromatic nitrogens is 6. The molecule has 0 fully saturated rings. The molecule has 0 spiro atoms. The molecule has 4 aromatic carbocycles. The van der Waals surface area contributed by atoms with E-state index in [0.717, 1.165) is 16.9 Å². The number of benzene rings is 4. The Kier molecular flexibility index (Phi) is 7.60. The fourth-order valence-electron chi connectivity index (χ4n) is 4.70. The molecule has 4 heterocycles. The monoisotopic (exact) mass is 727 g/mol. The van der Waals surface area contributed by atoms with Crippen LogP contribution in [0.5, 0.6) is 0 Å². The van der Waals surface area contributed by atoms with Crippen molar-refractivity contribution in [1.29, 1.82) is 0 Å². The van der Waals surface area contributed by atoms with Crippen LogP contribution in [0, 0.1) is 17.9 Å². The van der Waals surface area contributed by atoms with E-state index in [1.54, 1.807) is 6.20 Å². The van der Waals surface area contributed by atoms with Crippen molar-refractivity contribution in [3.63, 3.8) is 0 Å². The first-order valence-electron chi connectivity index (χ1n) is 12.8. The van der Waals surface area contributed by atoms with Crippen molar-refractivity contribution >= 4 is 33.2 Å². The standard InChI is InChI=1S/C22H11FN5O.C11H8N.Ir/c23-16-11-10-15(19-18(16)14-8-4-5-9-17(14)29-19)21-26-20-22(27-25-12-24-20)28(21)13-6-2-1-3-7-13;1-2-6-10(7-3-1)11-8-4-5-9-12-11;/h1-9,11-12H;1-6,8-9H;/q2*-1;. The van der Waals surface area contributed by atoms with Gasteiger partial charge < -0.3 is 14.0 Å². The van der Waals surface area contributed by atoms with Crippen LogP contribution in [-0.4, -0.2) is 29.7 Å². The molecule has 0 unspecified atom stereocenters. The second kappa shape index (κ2) is 11.8. The average Bonchev–Trinajstić information content (AvgIpc) is 3.63. The van der Waals surface area contributed by atoms with E-state index in [1.807, 2.05) is 102 Å². The fourth-order valence-corrected chi connectivity index (χ4v) is 4.70. The van der Waals surface area contributed by atoms with Crippen LogP contribution in [0.1, 0.15) is 0 Å². The van der Waals surface area contributed by atoms with Crippen LogP contribution in [0.3, 0.4) is 0 Å². The van der Waals surface area contributed by atoms with Crippen LogP contribution < -0.4 is 0 Å². The van der Waals surface area contributed by atoms with Crippen LogP contribution in [0.15, 0.2) is 120 Å². The summed E-state index contributed by atoms with van der Waals surface area (Å²) in [6.45, 7) is 0. The van der Waals surface area contributed by atoms with Gasteiger partial charge in [-0.15, -0.1) is 58.2 Å². The van der Waals surface area contributed by atoms with Gasteiger partial charge in [0.25, 0.3) is 0 Å². The van der Waals surface area contributed by atoms with E-state index in [-0.39, 0.29) is 20.1 Å². The number of para-hydroxylation sites is 2. The quantitative estimate of drug-likeness (QED) is 0.178. The molecule has 0 aliphatic heterocycles.